The van der Waals surface area contributed by atoms with Crippen LogP contribution in [0.1, 0.15) is 63.0 Å². The summed E-state index contributed by atoms with van der Waals surface area (Å²) in [6, 6.07) is 4.21. The SMILES string of the molecule is O=C(NCCCC(=O)N1CCCCCC1c1ccncc1)C1CC1. The zero-order valence-electron chi connectivity index (χ0n) is 14.2. The van der Waals surface area contributed by atoms with Gasteiger partial charge in [-0.15, -0.1) is 0 Å². The molecule has 24 heavy (non-hydrogen) atoms. The molecule has 0 aromatic carbocycles. The number of nitrogens with zero attached hydrogens (tertiary/aromatic N) is 2. The molecule has 1 unspecified atom stereocenters. The summed E-state index contributed by atoms with van der Waals surface area (Å²) in [5.41, 5.74) is 1.18. The summed E-state index contributed by atoms with van der Waals surface area (Å²) in [7, 11) is 0. The maximum absolute atomic E-state index is 12.7. The fraction of sp³-hybridized carbons (Fsp3) is 0.632. The van der Waals surface area contributed by atoms with Crippen LogP contribution in [-0.2, 0) is 9.59 Å². The van der Waals surface area contributed by atoms with E-state index in [0.717, 1.165) is 45.1 Å². The van der Waals surface area contributed by atoms with Crippen LogP contribution >= 0.6 is 0 Å². The van der Waals surface area contributed by atoms with Crippen molar-refractivity contribution in [1.82, 2.24) is 15.2 Å². The van der Waals surface area contributed by atoms with Crippen molar-refractivity contribution in [3.63, 3.8) is 0 Å². The molecule has 0 spiro atoms. The average Bonchev–Trinajstić information content (AvgIpc) is 3.45. The van der Waals surface area contributed by atoms with Crippen LogP contribution in [0.25, 0.3) is 0 Å². The second-order valence-corrected chi connectivity index (χ2v) is 6.90. The maximum Gasteiger partial charge on any atom is 0.223 e. The molecule has 2 aliphatic rings. The minimum atomic E-state index is 0.159. The molecule has 1 aliphatic carbocycles. The van der Waals surface area contributed by atoms with Gasteiger partial charge in [0.25, 0.3) is 0 Å². The molecular weight excluding hydrogens is 302 g/mol. The van der Waals surface area contributed by atoms with Crippen LogP contribution in [0, 0.1) is 5.92 Å². The summed E-state index contributed by atoms with van der Waals surface area (Å²) < 4.78 is 0. The van der Waals surface area contributed by atoms with Gasteiger partial charge in [-0.1, -0.05) is 12.8 Å². The number of carbonyl (C=O) groups is 2. The highest BCUT2D eigenvalue weighted by Gasteiger charge is 2.29. The van der Waals surface area contributed by atoms with Crippen LogP contribution in [0.4, 0.5) is 0 Å². The average molecular weight is 329 g/mol. The minimum Gasteiger partial charge on any atom is -0.356 e. The third-order valence-corrected chi connectivity index (χ3v) is 4.98. The molecule has 2 amide bonds. The maximum atomic E-state index is 12.7. The van der Waals surface area contributed by atoms with E-state index in [9.17, 15) is 9.59 Å². The number of hydrogen-bond donors (Lipinski definition) is 1. The van der Waals surface area contributed by atoms with Crippen LogP contribution in [0.3, 0.4) is 0 Å². The number of hydrogen-bond acceptors (Lipinski definition) is 3. The van der Waals surface area contributed by atoms with E-state index < -0.39 is 0 Å². The van der Waals surface area contributed by atoms with E-state index in [4.69, 9.17) is 0 Å². The van der Waals surface area contributed by atoms with Gasteiger partial charge in [0.2, 0.25) is 11.8 Å². The predicted molar refractivity (Wildman–Crippen MR) is 92.1 cm³/mol. The first-order valence-corrected chi connectivity index (χ1v) is 9.23. The second kappa shape index (κ2) is 8.27. The van der Waals surface area contributed by atoms with Gasteiger partial charge < -0.3 is 10.2 Å². The van der Waals surface area contributed by atoms with Gasteiger partial charge in [0.15, 0.2) is 0 Å². The Labute approximate surface area is 143 Å². The molecule has 1 aromatic rings. The lowest BCUT2D eigenvalue weighted by Crippen LogP contribution is -2.35. The minimum absolute atomic E-state index is 0.159. The number of pyridine rings is 1. The van der Waals surface area contributed by atoms with Crippen molar-refractivity contribution in [2.75, 3.05) is 13.1 Å². The van der Waals surface area contributed by atoms with Crippen LogP contribution in [0.15, 0.2) is 24.5 Å². The molecule has 3 rings (SSSR count). The van der Waals surface area contributed by atoms with Crippen molar-refractivity contribution >= 4 is 11.8 Å². The highest BCUT2D eigenvalue weighted by molar-refractivity contribution is 5.81. The number of carbonyl (C=O) groups excluding carboxylic acids is 2. The largest absolute Gasteiger partial charge is 0.356 e. The zero-order chi connectivity index (χ0) is 16.8. The number of aromatic nitrogens is 1. The van der Waals surface area contributed by atoms with Gasteiger partial charge in [0.1, 0.15) is 0 Å². The Kier molecular flexibility index (Phi) is 5.83. The molecule has 0 bridgehead atoms. The van der Waals surface area contributed by atoms with Crippen molar-refractivity contribution in [1.29, 1.82) is 0 Å². The van der Waals surface area contributed by atoms with E-state index in [1.165, 1.54) is 12.0 Å². The van der Waals surface area contributed by atoms with Gasteiger partial charge >= 0.3 is 0 Å². The van der Waals surface area contributed by atoms with Gasteiger partial charge in [0, 0.05) is 37.8 Å². The quantitative estimate of drug-likeness (QED) is 0.816. The number of nitrogens with one attached hydrogen (secondary N) is 1. The molecule has 0 radical (unpaired) electrons. The van der Waals surface area contributed by atoms with Gasteiger partial charge in [-0.2, -0.15) is 0 Å². The molecule has 1 atom stereocenters. The first-order chi connectivity index (χ1) is 11.8. The van der Waals surface area contributed by atoms with Crippen molar-refractivity contribution in [2.24, 2.45) is 5.92 Å². The van der Waals surface area contributed by atoms with Gasteiger partial charge in [0.05, 0.1) is 6.04 Å². The molecule has 1 saturated heterocycles. The van der Waals surface area contributed by atoms with Gasteiger partial charge in [-0.3, -0.25) is 14.6 Å². The first-order valence-electron chi connectivity index (χ1n) is 9.23. The summed E-state index contributed by atoms with van der Waals surface area (Å²) in [5.74, 6) is 0.605. The number of amides is 2. The van der Waals surface area contributed by atoms with Crippen LogP contribution in [0.5, 0.6) is 0 Å². The Morgan fingerprint density at radius 3 is 2.67 bits per heavy atom. The fourth-order valence-electron chi connectivity index (χ4n) is 3.42. The molecule has 1 aromatic heterocycles. The Balaban J connectivity index is 1.52. The summed E-state index contributed by atoms with van der Waals surface area (Å²) in [6.45, 7) is 1.44. The predicted octanol–water partition coefficient (Wildman–Crippen LogP) is 2.83. The Morgan fingerprint density at radius 1 is 1.12 bits per heavy atom. The summed E-state index contributed by atoms with van der Waals surface area (Å²) in [5, 5.41) is 2.94. The van der Waals surface area contributed by atoms with Crippen molar-refractivity contribution in [3.8, 4) is 0 Å². The van der Waals surface area contributed by atoms with Crippen LogP contribution in [-0.4, -0.2) is 34.8 Å². The molecule has 1 saturated carbocycles. The lowest BCUT2D eigenvalue weighted by Gasteiger charge is -2.30. The molecule has 1 aliphatic heterocycles. The number of likely N-dealkylation sites (tertiary alicyclic amines) is 1. The molecular formula is C19H27N3O2. The molecule has 1 N–H and O–H groups in total. The van der Waals surface area contributed by atoms with Crippen LogP contribution < -0.4 is 5.32 Å². The summed E-state index contributed by atoms with van der Waals surface area (Å²) in [6.07, 6.45) is 11.3. The topological polar surface area (TPSA) is 62.3 Å². The van der Waals surface area contributed by atoms with E-state index in [2.05, 4.69) is 10.3 Å². The zero-order valence-corrected chi connectivity index (χ0v) is 14.2. The lowest BCUT2D eigenvalue weighted by molar-refractivity contribution is -0.134. The van der Waals surface area contributed by atoms with Gasteiger partial charge in [-0.05, 0) is 49.8 Å². The molecule has 130 valence electrons. The van der Waals surface area contributed by atoms with Crippen molar-refractivity contribution in [3.05, 3.63) is 30.1 Å². The third-order valence-electron chi connectivity index (χ3n) is 4.98. The Bertz CT molecular complexity index is 557. The van der Waals surface area contributed by atoms with Gasteiger partial charge in [-0.25, -0.2) is 0 Å². The highest BCUT2D eigenvalue weighted by atomic mass is 16.2. The number of rotatable bonds is 6. The smallest absolute Gasteiger partial charge is 0.223 e. The summed E-state index contributed by atoms with van der Waals surface area (Å²) >= 11 is 0. The fourth-order valence-corrected chi connectivity index (χ4v) is 3.42. The Morgan fingerprint density at radius 2 is 1.92 bits per heavy atom. The molecule has 5 heteroatoms. The van der Waals surface area contributed by atoms with E-state index in [1.54, 1.807) is 12.4 Å². The summed E-state index contributed by atoms with van der Waals surface area (Å²) in [4.78, 5) is 30.5. The van der Waals surface area contributed by atoms with E-state index >= 15 is 0 Å². The van der Waals surface area contributed by atoms with E-state index in [1.807, 2.05) is 17.0 Å². The lowest BCUT2D eigenvalue weighted by atomic mass is 10.0. The molecule has 5 nitrogen and oxygen atoms in total. The van der Waals surface area contributed by atoms with Crippen molar-refractivity contribution < 1.29 is 9.59 Å². The van der Waals surface area contributed by atoms with E-state index in [0.29, 0.717) is 13.0 Å². The molecule has 2 heterocycles. The first kappa shape index (κ1) is 16.9. The molecule has 2 fully saturated rings. The Hall–Kier alpha value is -1.91. The van der Waals surface area contributed by atoms with Crippen LogP contribution in [0.2, 0.25) is 0 Å². The standard InChI is InChI=1S/C19H27N3O2/c23-18(6-4-11-21-19(24)16-7-8-16)22-14-3-1-2-5-17(22)15-9-12-20-13-10-15/h9-10,12-13,16-17H,1-8,11,14H2,(H,21,24). The second-order valence-electron chi connectivity index (χ2n) is 6.90. The normalized spacial score (nSPS) is 21.2. The highest BCUT2D eigenvalue weighted by Crippen LogP contribution is 2.30. The monoisotopic (exact) mass is 329 g/mol. The van der Waals surface area contributed by atoms with E-state index in [-0.39, 0.29) is 23.8 Å². The van der Waals surface area contributed by atoms with Crippen molar-refractivity contribution in [2.45, 2.75) is 57.4 Å². The third kappa shape index (κ3) is 4.56.